The van der Waals surface area contributed by atoms with Crippen LogP contribution in [0.3, 0.4) is 0 Å². The molecule has 6 heteroatoms. The summed E-state index contributed by atoms with van der Waals surface area (Å²) in [6.07, 6.45) is 4.51. The molecule has 0 saturated heterocycles. The van der Waals surface area contributed by atoms with Crippen molar-refractivity contribution in [1.82, 2.24) is 19.9 Å². The first-order chi connectivity index (χ1) is 12.5. The quantitative estimate of drug-likeness (QED) is 0.789. The Labute approximate surface area is 152 Å². The summed E-state index contributed by atoms with van der Waals surface area (Å²) in [5.74, 6) is -0.0221. The van der Waals surface area contributed by atoms with Crippen LogP contribution in [0, 0.1) is 6.92 Å². The molecule has 1 aromatic carbocycles. The van der Waals surface area contributed by atoms with Crippen molar-refractivity contribution in [3.63, 3.8) is 0 Å². The molecule has 0 aliphatic heterocycles. The lowest BCUT2D eigenvalue weighted by Gasteiger charge is -2.25. The Hall–Kier alpha value is -2.89. The minimum atomic E-state index is -0.0221. The Balaban J connectivity index is 1.51. The van der Waals surface area contributed by atoms with Gasteiger partial charge in [-0.1, -0.05) is 6.07 Å². The predicted octanol–water partition coefficient (Wildman–Crippen LogP) is 2.39. The van der Waals surface area contributed by atoms with E-state index in [2.05, 4.69) is 15.4 Å². The second-order valence-corrected chi connectivity index (χ2v) is 7.14. The molecule has 6 nitrogen and oxygen atoms in total. The smallest absolute Gasteiger partial charge is 0.251 e. The number of carbonyl (C=O) groups excluding carboxylic acids is 1. The fourth-order valence-electron chi connectivity index (χ4n) is 3.56. The zero-order valence-electron chi connectivity index (χ0n) is 15.4. The van der Waals surface area contributed by atoms with Gasteiger partial charge in [-0.15, -0.1) is 0 Å². The molecular weight excluding hydrogens is 326 g/mol. The summed E-state index contributed by atoms with van der Waals surface area (Å²) in [4.78, 5) is 19.1. The number of aromatic nitrogens is 3. The third-order valence-electron chi connectivity index (χ3n) is 4.95. The molecule has 3 aromatic rings. The molecule has 1 atom stereocenters. The summed E-state index contributed by atoms with van der Waals surface area (Å²) in [7, 11) is 3.94. The van der Waals surface area contributed by atoms with E-state index in [0.717, 1.165) is 36.3 Å². The SMILES string of the molecule is Cc1cc2ncc3c(n2n1)CCC(NC(=O)c1cccc(N(C)C)c1)C3. The normalized spacial score (nSPS) is 16.3. The summed E-state index contributed by atoms with van der Waals surface area (Å²) >= 11 is 0. The first-order valence-electron chi connectivity index (χ1n) is 8.92. The van der Waals surface area contributed by atoms with E-state index in [1.54, 1.807) is 0 Å². The highest BCUT2D eigenvalue weighted by molar-refractivity contribution is 5.95. The summed E-state index contributed by atoms with van der Waals surface area (Å²) in [5, 5.41) is 7.73. The average molecular weight is 349 g/mol. The van der Waals surface area contributed by atoms with E-state index in [0.29, 0.717) is 5.56 Å². The summed E-state index contributed by atoms with van der Waals surface area (Å²) in [6, 6.07) is 9.80. The lowest BCUT2D eigenvalue weighted by atomic mass is 9.92. The molecule has 1 N–H and O–H groups in total. The maximum Gasteiger partial charge on any atom is 0.251 e. The van der Waals surface area contributed by atoms with Gasteiger partial charge in [-0.05, 0) is 49.9 Å². The Morgan fingerprint density at radius 3 is 2.96 bits per heavy atom. The predicted molar refractivity (Wildman–Crippen MR) is 102 cm³/mol. The number of nitrogens with one attached hydrogen (secondary N) is 1. The number of rotatable bonds is 3. The standard InChI is InChI=1S/C20H23N5O/c1-13-9-19-21-12-15-10-16(7-8-18(15)25(19)23-13)22-20(26)14-5-4-6-17(11-14)24(2)3/h4-6,9,11-12,16H,7-8,10H2,1-3H3,(H,22,26). The average Bonchev–Trinajstić information content (AvgIpc) is 3.02. The highest BCUT2D eigenvalue weighted by atomic mass is 16.1. The van der Waals surface area contributed by atoms with Gasteiger partial charge in [0.25, 0.3) is 5.91 Å². The maximum atomic E-state index is 12.7. The fraction of sp³-hybridized carbons (Fsp3) is 0.350. The first kappa shape index (κ1) is 16.6. The van der Waals surface area contributed by atoms with Gasteiger partial charge in [0.05, 0.1) is 5.69 Å². The number of fused-ring (bicyclic) bond motifs is 3. The maximum absolute atomic E-state index is 12.7. The van der Waals surface area contributed by atoms with Crippen molar-refractivity contribution >= 4 is 17.2 Å². The van der Waals surface area contributed by atoms with Crippen LogP contribution in [0.5, 0.6) is 0 Å². The van der Waals surface area contributed by atoms with Crippen LogP contribution in [-0.2, 0) is 12.8 Å². The van der Waals surface area contributed by atoms with Crippen LogP contribution in [0.25, 0.3) is 5.65 Å². The number of aryl methyl sites for hydroxylation is 2. The van der Waals surface area contributed by atoms with E-state index in [1.807, 2.05) is 67.0 Å². The van der Waals surface area contributed by atoms with Gasteiger partial charge in [0.1, 0.15) is 0 Å². The highest BCUT2D eigenvalue weighted by Crippen LogP contribution is 2.22. The van der Waals surface area contributed by atoms with Crippen molar-refractivity contribution in [2.75, 3.05) is 19.0 Å². The van der Waals surface area contributed by atoms with Crippen molar-refractivity contribution in [2.45, 2.75) is 32.2 Å². The van der Waals surface area contributed by atoms with Gasteiger partial charge in [-0.25, -0.2) is 9.50 Å². The van der Waals surface area contributed by atoms with E-state index in [1.165, 1.54) is 11.3 Å². The van der Waals surface area contributed by atoms with Gasteiger partial charge in [0.15, 0.2) is 5.65 Å². The van der Waals surface area contributed by atoms with Crippen molar-refractivity contribution in [3.8, 4) is 0 Å². The number of amides is 1. The monoisotopic (exact) mass is 349 g/mol. The molecule has 2 heterocycles. The zero-order chi connectivity index (χ0) is 18.3. The van der Waals surface area contributed by atoms with Crippen molar-refractivity contribution in [2.24, 2.45) is 0 Å². The molecule has 4 rings (SSSR count). The number of hydrogen-bond donors (Lipinski definition) is 1. The lowest BCUT2D eigenvalue weighted by Crippen LogP contribution is -2.39. The highest BCUT2D eigenvalue weighted by Gasteiger charge is 2.23. The van der Waals surface area contributed by atoms with Crippen LogP contribution in [0.15, 0.2) is 36.5 Å². The van der Waals surface area contributed by atoms with Crippen LogP contribution in [-0.4, -0.2) is 40.6 Å². The summed E-state index contributed by atoms with van der Waals surface area (Å²) in [6.45, 7) is 1.98. The van der Waals surface area contributed by atoms with E-state index in [4.69, 9.17) is 0 Å². The van der Waals surface area contributed by atoms with Gasteiger partial charge >= 0.3 is 0 Å². The molecule has 26 heavy (non-hydrogen) atoms. The van der Waals surface area contributed by atoms with E-state index >= 15 is 0 Å². The Kier molecular flexibility index (Phi) is 4.11. The fourth-order valence-corrected chi connectivity index (χ4v) is 3.56. The number of benzene rings is 1. The lowest BCUT2D eigenvalue weighted by molar-refractivity contribution is 0.0933. The number of nitrogens with zero attached hydrogens (tertiary/aromatic N) is 4. The molecule has 1 aliphatic carbocycles. The van der Waals surface area contributed by atoms with Gasteiger partial charge < -0.3 is 10.2 Å². The molecule has 0 saturated carbocycles. The minimum absolute atomic E-state index is 0.0221. The van der Waals surface area contributed by atoms with Crippen LogP contribution in [0.2, 0.25) is 0 Å². The van der Waals surface area contributed by atoms with Crippen molar-refractivity contribution in [3.05, 3.63) is 59.0 Å². The number of anilines is 1. The molecule has 2 aromatic heterocycles. The van der Waals surface area contributed by atoms with Gasteiger partial charge in [-0.2, -0.15) is 5.10 Å². The summed E-state index contributed by atoms with van der Waals surface area (Å²) < 4.78 is 1.95. The Morgan fingerprint density at radius 1 is 1.31 bits per heavy atom. The second kappa shape index (κ2) is 6.44. The topological polar surface area (TPSA) is 62.5 Å². The van der Waals surface area contributed by atoms with E-state index in [9.17, 15) is 4.79 Å². The van der Waals surface area contributed by atoms with Crippen molar-refractivity contribution in [1.29, 1.82) is 0 Å². The Morgan fingerprint density at radius 2 is 2.15 bits per heavy atom. The third-order valence-corrected chi connectivity index (χ3v) is 4.95. The van der Waals surface area contributed by atoms with Crippen LogP contribution in [0.1, 0.15) is 33.7 Å². The first-order valence-corrected chi connectivity index (χ1v) is 8.92. The van der Waals surface area contributed by atoms with Gasteiger partial charge in [0, 0.05) is 49.3 Å². The molecular formula is C20H23N5O. The number of hydrogen-bond acceptors (Lipinski definition) is 4. The molecule has 1 aliphatic rings. The molecule has 134 valence electrons. The van der Waals surface area contributed by atoms with Gasteiger partial charge in [0.2, 0.25) is 0 Å². The van der Waals surface area contributed by atoms with E-state index in [-0.39, 0.29) is 11.9 Å². The van der Waals surface area contributed by atoms with Crippen molar-refractivity contribution < 1.29 is 4.79 Å². The van der Waals surface area contributed by atoms with Crippen LogP contribution < -0.4 is 10.2 Å². The number of carbonyl (C=O) groups is 1. The van der Waals surface area contributed by atoms with E-state index < -0.39 is 0 Å². The molecule has 1 amide bonds. The zero-order valence-corrected chi connectivity index (χ0v) is 15.4. The Bertz CT molecular complexity index is 975. The third kappa shape index (κ3) is 3.03. The molecule has 0 spiro atoms. The largest absolute Gasteiger partial charge is 0.378 e. The van der Waals surface area contributed by atoms with Gasteiger partial charge in [-0.3, -0.25) is 4.79 Å². The molecule has 0 fully saturated rings. The van der Waals surface area contributed by atoms with Crippen LogP contribution in [0.4, 0.5) is 5.69 Å². The molecule has 1 unspecified atom stereocenters. The minimum Gasteiger partial charge on any atom is -0.378 e. The van der Waals surface area contributed by atoms with Crippen LogP contribution >= 0.6 is 0 Å². The second-order valence-electron chi connectivity index (χ2n) is 7.14. The summed E-state index contributed by atoms with van der Waals surface area (Å²) in [5.41, 5.74) is 5.96. The molecule has 0 radical (unpaired) electrons. The molecule has 0 bridgehead atoms.